The van der Waals surface area contributed by atoms with Gasteiger partial charge in [-0.1, -0.05) is 35.6 Å². The number of fused-ring (bicyclic) bond motifs is 1. The summed E-state index contributed by atoms with van der Waals surface area (Å²) in [7, 11) is 1.29. The number of para-hydroxylation sites is 1. The summed E-state index contributed by atoms with van der Waals surface area (Å²) in [6.45, 7) is 4.63. The van der Waals surface area contributed by atoms with Crippen molar-refractivity contribution in [2.45, 2.75) is 19.9 Å². The van der Waals surface area contributed by atoms with Gasteiger partial charge in [0, 0.05) is 11.8 Å². The van der Waals surface area contributed by atoms with E-state index in [0.29, 0.717) is 45.2 Å². The number of phenols is 1. The normalized spacial score (nSPS) is 15.2. The smallest absolute Gasteiger partial charge is 0.337 e. The van der Waals surface area contributed by atoms with E-state index >= 15 is 0 Å². The minimum Gasteiger partial charge on any atom is -0.507 e. The highest BCUT2D eigenvalue weighted by Gasteiger charge is 2.31. The maximum absolute atomic E-state index is 13.5. The number of benzene rings is 2. The number of thiazole rings is 1. The zero-order valence-corrected chi connectivity index (χ0v) is 19.8. The first-order valence-electron chi connectivity index (χ1n) is 10.7. The van der Waals surface area contributed by atoms with Crippen molar-refractivity contribution < 1.29 is 24.1 Å². The molecule has 9 heteroatoms. The monoisotopic (exact) mass is 480 g/mol. The van der Waals surface area contributed by atoms with Crippen LogP contribution in [0.4, 0.5) is 0 Å². The molecule has 2 aromatic carbocycles. The van der Waals surface area contributed by atoms with Crippen molar-refractivity contribution in [1.29, 1.82) is 0 Å². The number of phenolic OH excluding ortho intramolecular Hbond substituents is 1. The van der Waals surface area contributed by atoms with Gasteiger partial charge >= 0.3 is 5.97 Å². The maximum Gasteiger partial charge on any atom is 0.337 e. The van der Waals surface area contributed by atoms with E-state index in [9.17, 15) is 14.7 Å². The predicted molar refractivity (Wildman–Crippen MR) is 128 cm³/mol. The molecule has 1 aliphatic heterocycles. The van der Waals surface area contributed by atoms with Gasteiger partial charge in [0.15, 0.2) is 16.3 Å². The van der Waals surface area contributed by atoms with E-state index in [4.69, 9.17) is 14.2 Å². The molecule has 2 heterocycles. The molecule has 0 saturated carbocycles. The van der Waals surface area contributed by atoms with Gasteiger partial charge in [0.2, 0.25) is 0 Å². The van der Waals surface area contributed by atoms with Gasteiger partial charge in [-0.25, -0.2) is 9.79 Å². The fourth-order valence-corrected chi connectivity index (χ4v) is 4.70. The Morgan fingerprint density at radius 1 is 1.15 bits per heavy atom. The third kappa shape index (κ3) is 4.34. The summed E-state index contributed by atoms with van der Waals surface area (Å²) in [5.41, 5.74) is 1.04. The average Bonchev–Trinajstić information content (AvgIpc) is 3.16. The summed E-state index contributed by atoms with van der Waals surface area (Å²) in [6.07, 6.45) is 3.05. The second kappa shape index (κ2) is 9.96. The lowest BCUT2D eigenvalue weighted by atomic mass is 9.97. The minimum absolute atomic E-state index is 0.0630. The molecule has 176 valence electrons. The first-order chi connectivity index (χ1) is 16.5. The van der Waals surface area contributed by atoms with Gasteiger partial charge in [-0.15, -0.1) is 0 Å². The number of carbonyl (C=O) groups excluding carboxylic acids is 1. The van der Waals surface area contributed by atoms with Crippen molar-refractivity contribution in [1.82, 2.24) is 4.57 Å². The van der Waals surface area contributed by atoms with Gasteiger partial charge in [-0.05, 0) is 43.7 Å². The number of aromatic hydroxyl groups is 1. The van der Waals surface area contributed by atoms with Gasteiger partial charge in [-0.2, -0.15) is 0 Å². The van der Waals surface area contributed by atoms with Crippen LogP contribution in [-0.2, 0) is 9.53 Å². The van der Waals surface area contributed by atoms with E-state index < -0.39 is 12.0 Å². The Labute approximate surface area is 199 Å². The molecule has 1 atom stereocenters. The Morgan fingerprint density at radius 2 is 1.88 bits per heavy atom. The van der Waals surface area contributed by atoms with E-state index in [1.165, 1.54) is 29.2 Å². The van der Waals surface area contributed by atoms with Crippen molar-refractivity contribution in [3.05, 3.63) is 85.1 Å². The Morgan fingerprint density at radius 3 is 2.59 bits per heavy atom. The van der Waals surface area contributed by atoms with Crippen LogP contribution >= 0.6 is 11.3 Å². The standard InChI is InChI=1S/C25H24N2O6S/c1-4-32-19-11-10-16(12-20(19)33-5-2)22-17(24(30)31-3)14-26-25-27(22)23(29)21(34-25)13-15-8-6-7-9-18(15)28/h6-14,22,28H,4-5H2,1-3H3/b21-13-/t22-/m1/s1. The minimum atomic E-state index is -0.773. The van der Waals surface area contributed by atoms with Crippen LogP contribution in [0.25, 0.3) is 6.08 Å². The van der Waals surface area contributed by atoms with Gasteiger partial charge in [0.1, 0.15) is 5.75 Å². The number of methoxy groups -OCH3 is 1. The van der Waals surface area contributed by atoms with Crippen LogP contribution in [-0.4, -0.2) is 36.0 Å². The quantitative estimate of drug-likeness (QED) is 0.522. The van der Waals surface area contributed by atoms with Crippen molar-refractivity contribution >= 4 is 23.4 Å². The van der Waals surface area contributed by atoms with Crippen LogP contribution in [0.3, 0.4) is 0 Å². The van der Waals surface area contributed by atoms with Crippen LogP contribution < -0.4 is 24.4 Å². The number of rotatable bonds is 7. The molecule has 34 heavy (non-hydrogen) atoms. The van der Waals surface area contributed by atoms with E-state index in [1.807, 2.05) is 13.8 Å². The van der Waals surface area contributed by atoms with Gasteiger partial charge in [0.05, 0.1) is 36.5 Å². The number of nitrogens with zero attached hydrogens (tertiary/aromatic N) is 2. The lowest BCUT2D eigenvalue weighted by molar-refractivity contribution is -0.136. The van der Waals surface area contributed by atoms with Crippen molar-refractivity contribution in [3.8, 4) is 17.2 Å². The number of aromatic nitrogens is 1. The molecular weight excluding hydrogens is 456 g/mol. The molecule has 0 bridgehead atoms. The number of ether oxygens (including phenoxy) is 3. The van der Waals surface area contributed by atoms with Crippen LogP contribution in [0.2, 0.25) is 0 Å². The Kier molecular flexibility index (Phi) is 6.83. The maximum atomic E-state index is 13.5. The van der Waals surface area contributed by atoms with E-state index in [-0.39, 0.29) is 16.9 Å². The van der Waals surface area contributed by atoms with Crippen LogP contribution in [0, 0.1) is 0 Å². The molecule has 0 fully saturated rings. The van der Waals surface area contributed by atoms with Crippen LogP contribution in [0.1, 0.15) is 31.0 Å². The molecule has 0 spiro atoms. The first-order valence-corrected chi connectivity index (χ1v) is 11.6. The number of hydrogen-bond acceptors (Lipinski definition) is 8. The number of hydrogen-bond donors (Lipinski definition) is 1. The highest BCUT2D eigenvalue weighted by Crippen LogP contribution is 2.35. The fourth-order valence-electron chi connectivity index (χ4n) is 3.74. The molecule has 0 radical (unpaired) electrons. The van der Waals surface area contributed by atoms with Gasteiger partial charge in [-0.3, -0.25) is 9.36 Å². The van der Waals surface area contributed by atoms with Crippen molar-refractivity contribution in [2.24, 2.45) is 4.99 Å². The lowest BCUT2D eigenvalue weighted by Crippen LogP contribution is -2.39. The summed E-state index contributed by atoms with van der Waals surface area (Å²) >= 11 is 1.18. The SMILES string of the molecule is CCOc1ccc([C@@H]2C(C(=O)OC)=CN=c3s/c(=C\c4ccccc4O)c(=O)n32)cc1OCC. The second-order valence-corrected chi connectivity index (χ2v) is 8.32. The van der Waals surface area contributed by atoms with Crippen LogP contribution in [0.5, 0.6) is 17.2 Å². The average molecular weight is 481 g/mol. The Balaban J connectivity index is 1.92. The topological polar surface area (TPSA) is 99.4 Å². The van der Waals surface area contributed by atoms with Crippen molar-refractivity contribution in [3.63, 3.8) is 0 Å². The third-order valence-electron chi connectivity index (χ3n) is 5.23. The molecule has 0 amide bonds. The summed E-state index contributed by atoms with van der Waals surface area (Å²) in [4.78, 5) is 30.9. The van der Waals surface area contributed by atoms with Gasteiger partial charge in [0.25, 0.3) is 5.56 Å². The summed E-state index contributed by atoms with van der Waals surface area (Å²) in [5.74, 6) is 0.562. The zero-order valence-electron chi connectivity index (χ0n) is 19.0. The fraction of sp³-hybridized carbons (Fsp3) is 0.240. The molecular formula is C25H24N2O6S. The summed E-state index contributed by atoms with van der Waals surface area (Å²) in [5, 5.41) is 10.1. The zero-order chi connectivity index (χ0) is 24.2. The van der Waals surface area contributed by atoms with E-state index in [2.05, 4.69) is 4.99 Å². The summed E-state index contributed by atoms with van der Waals surface area (Å²) < 4.78 is 18.2. The van der Waals surface area contributed by atoms with Crippen molar-refractivity contribution in [2.75, 3.05) is 20.3 Å². The molecule has 1 aromatic heterocycles. The largest absolute Gasteiger partial charge is 0.507 e. The lowest BCUT2D eigenvalue weighted by Gasteiger charge is -2.23. The molecule has 1 N–H and O–H groups in total. The van der Waals surface area contributed by atoms with E-state index in [0.717, 1.165) is 0 Å². The predicted octanol–water partition coefficient (Wildman–Crippen LogP) is 2.52. The highest BCUT2D eigenvalue weighted by molar-refractivity contribution is 7.07. The van der Waals surface area contributed by atoms with Gasteiger partial charge < -0.3 is 19.3 Å². The Hall–Kier alpha value is -3.85. The number of carbonyl (C=O) groups is 1. The molecule has 8 nitrogen and oxygen atoms in total. The molecule has 1 aliphatic rings. The second-order valence-electron chi connectivity index (χ2n) is 7.31. The summed E-state index contributed by atoms with van der Waals surface area (Å²) in [6, 6.07) is 11.3. The number of esters is 1. The van der Waals surface area contributed by atoms with Crippen LogP contribution in [0.15, 0.2) is 64.0 Å². The molecule has 0 unspecified atom stereocenters. The molecule has 3 aromatic rings. The third-order valence-corrected chi connectivity index (χ3v) is 6.23. The first kappa shape index (κ1) is 23.3. The Bertz CT molecular complexity index is 1440. The van der Waals surface area contributed by atoms with E-state index in [1.54, 1.807) is 48.5 Å². The highest BCUT2D eigenvalue weighted by atomic mass is 32.1. The molecule has 0 saturated heterocycles. The molecule has 4 rings (SSSR count). The molecule has 0 aliphatic carbocycles.